The minimum absolute atomic E-state index is 0.183. The van der Waals surface area contributed by atoms with Gasteiger partial charge in [0.05, 0.1) is 22.9 Å². The van der Waals surface area contributed by atoms with Crippen LogP contribution in [0.5, 0.6) is 0 Å². The lowest BCUT2D eigenvalue weighted by Gasteiger charge is -2.03. The summed E-state index contributed by atoms with van der Waals surface area (Å²) in [5.41, 5.74) is 8.41. The van der Waals surface area contributed by atoms with Crippen LogP contribution in [-0.4, -0.2) is 14.5 Å². The zero-order valence-corrected chi connectivity index (χ0v) is 8.92. The van der Waals surface area contributed by atoms with Crippen LogP contribution in [0.25, 0.3) is 16.7 Å². The van der Waals surface area contributed by atoms with Crippen LogP contribution >= 0.6 is 0 Å². The SMILES string of the molecule is Nc1ccc(-n2c(=O)[nH]c3cnccc32)cc1. The maximum absolute atomic E-state index is 11.9. The Bertz CT molecular complexity index is 724. The van der Waals surface area contributed by atoms with Gasteiger partial charge in [-0.1, -0.05) is 0 Å². The Morgan fingerprint density at radius 2 is 1.94 bits per heavy atom. The number of H-pyrrole nitrogens is 1. The molecule has 2 aromatic heterocycles. The van der Waals surface area contributed by atoms with Gasteiger partial charge in [0.25, 0.3) is 0 Å². The van der Waals surface area contributed by atoms with E-state index in [9.17, 15) is 4.79 Å². The van der Waals surface area contributed by atoms with Crippen molar-refractivity contribution < 1.29 is 0 Å². The molecule has 0 atom stereocenters. The van der Waals surface area contributed by atoms with Gasteiger partial charge in [0.15, 0.2) is 0 Å². The zero-order chi connectivity index (χ0) is 11.8. The van der Waals surface area contributed by atoms with Crippen molar-refractivity contribution in [3.05, 3.63) is 53.2 Å². The summed E-state index contributed by atoms with van der Waals surface area (Å²) < 4.78 is 1.59. The Balaban J connectivity index is 2.33. The third-order valence-electron chi connectivity index (χ3n) is 2.63. The molecule has 84 valence electrons. The second kappa shape index (κ2) is 3.48. The molecule has 0 amide bonds. The molecular weight excluding hydrogens is 216 g/mol. The van der Waals surface area contributed by atoms with Gasteiger partial charge in [0.2, 0.25) is 0 Å². The lowest BCUT2D eigenvalue weighted by atomic mass is 10.3. The first-order chi connectivity index (χ1) is 8.25. The third-order valence-corrected chi connectivity index (χ3v) is 2.63. The van der Waals surface area contributed by atoms with E-state index in [1.54, 1.807) is 35.2 Å². The van der Waals surface area contributed by atoms with E-state index in [0.717, 1.165) is 11.2 Å². The van der Waals surface area contributed by atoms with Crippen molar-refractivity contribution >= 4 is 16.7 Å². The van der Waals surface area contributed by atoms with Crippen molar-refractivity contribution in [3.8, 4) is 5.69 Å². The van der Waals surface area contributed by atoms with Crippen LogP contribution in [0.1, 0.15) is 0 Å². The molecule has 3 rings (SSSR count). The predicted octanol–water partition coefficient (Wildman–Crippen LogP) is 1.30. The molecule has 1 aromatic carbocycles. The van der Waals surface area contributed by atoms with Crippen molar-refractivity contribution in [2.75, 3.05) is 5.73 Å². The van der Waals surface area contributed by atoms with Crippen molar-refractivity contribution in [2.24, 2.45) is 0 Å². The standard InChI is InChI=1S/C12H10N4O/c13-8-1-3-9(4-2-8)16-11-5-6-14-7-10(11)15-12(16)17/h1-7H,13H2,(H,15,17). The van der Waals surface area contributed by atoms with E-state index in [0.29, 0.717) is 11.2 Å². The van der Waals surface area contributed by atoms with Crippen LogP contribution in [0.3, 0.4) is 0 Å². The fourth-order valence-electron chi connectivity index (χ4n) is 1.84. The molecule has 0 aliphatic rings. The number of hydrogen-bond acceptors (Lipinski definition) is 3. The number of imidazole rings is 1. The molecule has 0 spiro atoms. The lowest BCUT2D eigenvalue weighted by Crippen LogP contribution is -2.14. The smallest absolute Gasteiger partial charge is 0.331 e. The first-order valence-electron chi connectivity index (χ1n) is 5.16. The molecule has 17 heavy (non-hydrogen) atoms. The number of anilines is 1. The van der Waals surface area contributed by atoms with Crippen LogP contribution in [0.15, 0.2) is 47.5 Å². The van der Waals surface area contributed by atoms with E-state index in [2.05, 4.69) is 9.97 Å². The average Bonchev–Trinajstić information content (AvgIpc) is 2.66. The van der Waals surface area contributed by atoms with Gasteiger partial charge < -0.3 is 10.7 Å². The second-order valence-corrected chi connectivity index (χ2v) is 3.75. The van der Waals surface area contributed by atoms with E-state index in [1.807, 2.05) is 12.1 Å². The number of nitrogens with two attached hydrogens (primary N) is 1. The van der Waals surface area contributed by atoms with Crippen LogP contribution in [0.2, 0.25) is 0 Å². The predicted molar refractivity (Wildman–Crippen MR) is 66.1 cm³/mol. The number of benzene rings is 1. The Morgan fingerprint density at radius 1 is 1.18 bits per heavy atom. The Morgan fingerprint density at radius 3 is 2.71 bits per heavy atom. The molecule has 5 heteroatoms. The maximum Gasteiger partial charge on any atom is 0.331 e. The quantitative estimate of drug-likeness (QED) is 0.614. The molecule has 2 heterocycles. The molecule has 0 aliphatic heterocycles. The van der Waals surface area contributed by atoms with Crippen molar-refractivity contribution in [1.29, 1.82) is 0 Å². The number of rotatable bonds is 1. The molecular formula is C12H10N4O. The number of aromatic nitrogens is 3. The summed E-state index contributed by atoms with van der Waals surface area (Å²) in [5, 5.41) is 0. The van der Waals surface area contributed by atoms with E-state index in [1.165, 1.54) is 0 Å². The molecule has 0 saturated carbocycles. The van der Waals surface area contributed by atoms with Crippen molar-refractivity contribution in [1.82, 2.24) is 14.5 Å². The van der Waals surface area contributed by atoms with E-state index >= 15 is 0 Å². The van der Waals surface area contributed by atoms with Gasteiger partial charge in [-0.2, -0.15) is 0 Å². The molecule has 3 aromatic rings. The second-order valence-electron chi connectivity index (χ2n) is 3.75. The largest absolute Gasteiger partial charge is 0.399 e. The van der Waals surface area contributed by atoms with Gasteiger partial charge in [0, 0.05) is 11.9 Å². The summed E-state index contributed by atoms with van der Waals surface area (Å²) >= 11 is 0. The Labute approximate surface area is 96.5 Å². The minimum Gasteiger partial charge on any atom is -0.399 e. The summed E-state index contributed by atoms with van der Waals surface area (Å²) in [7, 11) is 0. The molecule has 0 unspecified atom stereocenters. The number of pyridine rings is 1. The minimum atomic E-state index is -0.183. The summed E-state index contributed by atoms with van der Waals surface area (Å²) in [6.45, 7) is 0. The molecule has 5 nitrogen and oxygen atoms in total. The fraction of sp³-hybridized carbons (Fsp3) is 0. The molecule has 0 saturated heterocycles. The normalized spacial score (nSPS) is 10.8. The highest BCUT2D eigenvalue weighted by Crippen LogP contribution is 2.15. The van der Waals surface area contributed by atoms with Crippen LogP contribution < -0.4 is 11.4 Å². The summed E-state index contributed by atoms with van der Waals surface area (Å²) in [5.74, 6) is 0. The van der Waals surface area contributed by atoms with E-state index in [4.69, 9.17) is 5.73 Å². The number of fused-ring (bicyclic) bond motifs is 1. The fourth-order valence-corrected chi connectivity index (χ4v) is 1.84. The highest BCUT2D eigenvalue weighted by atomic mass is 16.1. The van der Waals surface area contributed by atoms with Gasteiger partial charge >= 0.3 is 5.69 Å². The average molecular weight is 226 g/mol. The first-order valence-corrected chi connectivity index (χ1v) is 5.16. The van der Waals surface area contributed by atoms with Gasteiger partial charge in [-0.25, -0.2) is 4.79 Å². The van der Waals surface area contributed by atoms with Gasteiger partial charge in [-0.3, -0.25) is 9.55 Å². The Kier molecular flexibility index (Phi) is 1.98. The van der Waals surface area contributed by atoms with E-state index in [-0.39, 0.29) is 5.69 Å². The Hall–Kier alpha value is -2.56. The number of aromatic amines is 1. The third kappa shape index (κ3) is 1.48. The zero-order valence-electron chi connectivity index (χ0n) is 8.92. The van der Waals surface area contributed by atoms with Crippen LogP contribution in [-0.2, 0) is 0 Å². The van der Waals surface area contributed by atoms with E-state index < -0.39 is 0 Å². The molecule has 3 N–H and O–H groups in total. The topological polar surface area (TPSA) is 76.7 Å². The molecule has 0 radical (unpaired) electrons. The van der Waals surface area contributed by atoms with Crippen molar-refractivity contribution in [2.45, 2.75) is 0 Å². The van der Waals surface area contributed by atoms with Gasteiger partial charge in [-0.15, -0.1) is 0 Å². The summed E-state index contributed by atoms with van der Waals surface area (Å²) in [6.07, 6.45) is 3.29. The molecule has 0 fully saturated rings. The number of nitrogens with one attached hydrogen (secondary N) is 1. The van der Waals surface area contributed by atoms with Gasteiger partial charge in [0.1, 0.15) is 0 Å². The van der Waals surface area contributed by atoms with Gasteiger partial charge in [-0.05, 0) is 30.3 Å². The highest BCUT2D eigenvalue weighted by Gasteiger charge is 2.07. The van der Waals surface area contributed by atoms with Crippen LogP contribution in [0, 0.1) is 0 Å². The van der Waals surface area contributed by atoms with Crippen molar-refractivity contribution in [3.63, 3.8) is 0 Å². The number of nitrogen functional groups attached to an aromatic ring is 1. The number of nitrogens with zero attached hydrogens (tertiary/aromatic N) is 2. The van der Waals surface area contributed by atoms with Crippen LogP contribution in [0.4, 0.5) is 5.69 Å². The summed E-state index contributed by atoms with van der Waals surface area (Å²) in [4.78, 5) is 18.6. The molecule has 0 aliphatic carbocycles. The highest BCUT2D eigenvalue weighted by molar-refractivity contribution is 5.76. The molecule has 0 bridgehead atoms. The lowest BCUT2D eigenvalue weighted by molar-refractivity contribution is 1.02. The maximum atomic E-state index is 11.9. The monoisotopic (exact) mass is 226 g/mol. The first kappa shape index (κ1) is 9.65. The summed E-state index contributed by atoms with van der Waals surface area (Å²) in [6, 6.07) is 8.95. The number of hydrogen-bond donors (Lipinski definition) is 2.